The fraction of sp³-hybridized carbons (Fsp3) is 0.933. The molecule has 2 saturated heterocycles. The van der Waals surface area contributed by atoms with Gasteiger partial charge in [0.05, 0.1) is 12.7 Å². The predicted molar refractivity (Wildman–Crippen MR) is 81.2 cm³/mol. The van der Waals surface area contributed by atoms with E-state index in [0.717, 1.165) is 64.6 Å². The van der Waals surface area contributed by atoms with E-state index in [2.05, 4.69) is 24.1 Å². The average Bonchev–Trinajstić information content (AvgIpc) is 3.01. The van der Waals surface area contributed by atoms with Gasteiger partial charge in [-0.15, -0.1) is 0 Å². The van der Waals surface area contributed by atoms with Gasteiger partial charge in [0.2, 0.25) is 0 Å². The Morgan fingerprint density at radius 1 is 1.25 bits per heavy atom. The number of aliphatic imine (C=N–C) groups is 1. The van der Waals surface area contributed by atoms with Gasteiger partial charge in [0, 0.05) is 32.8 Å². The quantitative estimate of drug-likeness (QED) is 0.473. The molecular formula is C15H29N3O2. The lowest BCUT2D eigenvalue weighted by atomic mass is 10.1. The van der Waals surface area contributed by atoms with Crippen LogP contribution < -0.4 is 5.32 Å². The number of ether oxygens (including phenoxy) is 2. The number of guanidine groups is 1. The van der Waals surface area contributed by atoms with Gasteiger partial charge >= 0.3 is 0 Å². The molecule has 2 atom stereocenters. The van der Waals surface area contributed by atoms with Crippen LogP contribution in [0.15, 0.2) is 4.99 Å². The minimum atomic E-state index is 0.196. The smallest absolute Gasteiger partial charge is 0.194 e. The average molecular weight is 283 g/mol. The van der Waals surface area contributed by atoms with Crippen molar-refractivity contribution < 1.29 is 9.47 Å². The molecule has 2 aliphatic rings. The minimum Gasteiger partial charge on any atom is -0.375 e. The van der Waals surface area contributed by atoms with Crippen molar-refractivity contribution in [3.8, 4) is 0 Å². The van der Waals surface area contributed by atoms with Crippen molar-refractivity contribution in [1.82, 2.24) is 10.2 Å². The Kier molecular flexibility index (Phi) is 6.60. The molecule has 2 unspecified atom stereocenters. The van der Waals surface area contributed by atoms with Crippen molar-refractivity contribution in [2.24, 2.45) is 4.99 Å². The highest BCUT2D eigenvalue weighted by Crippen LogP contribution is 2.21. The predicted octanol–water partition coefficient (Wildman–Crippen LogP) is 1.63. The van der Waals surface area contributed by atoms with Crippen molar-refractivity contribution >= 4 is 5.96 Å². The lowest BCUT2D eigenvalue weighted by Gasteiger charge is -2.37. The number of nitrogens with one attached hydrogen (secondary N) is 1. The standard InChI is InChI=1S/C15H29N3O2/c1-3-5-8-17-15(16-4-2)18-9-11-20-14(12-18)13-7-6-10-19-13/h13-14H,3-12H2,1-2H3,(H,16,17). The van der Waals surface area contributed by atoms with Gasteiger partial charge in [0.25, 0.3) is 0 Å². The first kappa shape index (κ1) is 15.6. The number of morpholine rings is 1. The molecule has 1 N–H and O–H groups in total. The highest BCUT2D eigenvalue weighted by molar-refractivity contribution is 5.80. The summed E-state index contributed by atoms with van der Waals surface area (Å²) in [4.78, 5) is 7.05. The minimum absolute atomic E-state index is 0.196. The topological polar surface area (TPSA) is 46.1 Å². The molecule has 0 aromatic carbocycles. The van der Waals surface area contributed by atoms with Gasteiger partial charge in [-0.25, -0.2) is 0 Å². The normalized spacial score (nSPS) is 27.9. The van der Waals surface area contributed by atoms with Gasteiger partial charge in [0.15, 0.2) is 5.96 Å². The molecule has 0 radical (unpaired) electrons. The summed E-state index contributed by atoms with van der Waals surface area (Å²) in [7, 11) is 0. The molecule has 20 heavy (non-hydrogen) atoms. The molecule has 2 fully saturated rings. The highest BCUT2D eigenvalue weighted by Gasteiger charge is 2.32. The molecule has 2 heterocycles. The van der Waals surface area contributed by atoms with E-state index in [1.165, 1.54) is 6.42 Å². The molecule has 0 spiro atoms. The Hall–Kier alpha value is -0.810. The second-order valence-electron chi connectivity index (χ2n) is 5.50. The first-order chi connectivity index (χ1) is 9.85. The summed E-state index contributed by atoms with van der Waals surface area (Å²) in [5.41, 5.74) is 0. The van der Waals surface area contributed by atoms with E-state index in [1.807, 2.05) is 0 Å². The summed E-state index contributed by atoms with van der Waals surface area (Å²) < 4.78 is 11.7. The third kappa shape index (κ3) is 4.35. The SMILES string of the molecule is CCCCN=C(NCC)N1CCOC(C2CCCO2)C1. The Labute approximate surface area is 122 Å². The van der Waals surface area contributed by atoms with E-state index in [9.17, 15) is 0 Å². The Balaban J connectivity index is 1.91. The van der Waals surface area contributed by atoms with Crippen LogP contribution in [0, 0.1) is 0 Å². The zero-order valence-corrected chi connectivity index (χ0v) is 12.9. The van der Waals surface area contributed by atoms with E-state index in [0.29, 0.717) is 0 Å². The van der Waals surface area contributed by atoms with Crippen LogP contribution in [0.25, 0.3) is 0 Å². The number of hydrogen-bond donors (Lipinski definition) is 1. The third-order valence-corrected chi connectivity index (χ3v) is 3.88. The zero-order chi connectivity index (χ0) is 14.2. The molecule has 116 valence electrons. The molecule has 0 saturated carbocycles. The summed E-state index contributed by atoms with van der Waals surface area (Å²) in [6, 6.07) is 0. The maximum absolute atomic E-state index is 5.90. The van der Waals surface area contributed by atoms with Crippen LogP contribution in [0.1, 0.15) is 39.5 Å². The van der Waals surface area contributed by atoms with Crippen molar-refractivity contribution in [3.05, 3.63) is 0 Å². The van der Waals surface area contributed by atoms with Gasteiger partial charge in [-0.05, 0) is 26.2 Å². The fourth-order valence-corrected chi connectivity index (χ4v) is 2.76. The lowest BCUT2D eigenvalue weighted by Crippen LogP contribution is -2.53. The van der Waals surface area contributed by atoms with Crippen LogP contribution in [0.4, 0.5) is 0 Å². The van der Waals surface area contributed by atoms with E-state index in [-0.39, 0.29) is 12.2 Å². The van der Waals surface area contributed by atoms with Crippen LogP contribution >= 0.6 is 0 Å². The van der Waals surface area contributed by atoms with Gasteiger partial charge in [-0.1, -0.05) is 13.3 Å². The summed E-state index contributed by atoms with van der Waals surface area (Å²) >= 11 is 0. The molecule has 0 aromatic heterocycles. The first-order valence-corrected chi connectivity index (χ1v) is 8.11. The summed E-state index contributed by atoms with van der Waals surface area (Å²) in [5.74, 6) is 1.03. The largest absolute Gasteiger partial charge is 0.375 e. The molecule has 0 bridgehead atoms. The second-order valence-corrected chi connectivity index (χ2v) is 5.50. The van der Waals surface area contributed by atoms with Crippen LogP contribution in [0.3, 0.4) is 0 Å². The molecule has 0 amide bonds. The molecule has 5 heteroatoms. The molecule has 5 nitrogen and oxygen atoms in total. The molecular weight excluding hydrogens is 254 g/mol. The van der Waals surface area contributed by atoms with Gasteiger partial charge < -0.3 is 19.7 Å². The van der Waals surface area contributed by atoms with E-state index >= 15 is 0 Å². The monoisotopic (exact) mass is 283 g/mol. The number of hydrogen-bond acceptors (Lipinski definition) is 3. The summed E-state index contributed by atoms with van der Waals surface area (Å²) in [6.45, 7) is 9.59. The summed E-state index contributed by atoms with van der Waals surface area (Å²) in [5, 5.41) is 3.40. The van der Waals surface area contributed by atoms with Crippen LogP contribution in [-0.2, 0) is 9.47 Å². The van der Waals surface area contributed by atoms with Crippen LogP contribution in [0.5, 0.6) is 0 Å². The maximum atomic E-state index is 5.90. The Morgan fingerprint density at radius 2 is 2.10 bits per heavy atom. The molecule has 0 aliphatic carbocycles. The third-order valence-electron chi connectivity index (χ3n) is 3.88. The summed E-state index contributed by atoms with van der Waals surface area (Å²) in [6.07, 6.45) is 5.09. The Bertz CT molecular complexity index is 303. The van der Waals surface area contributed by atoms with Gasteiger partial charge in [-0.2, -0.15) is 0 Å². The van der Waals surface area contributed by atoms with Crippen LogP contribution in [-0.4, -0.2) is 62.5 Å². The van der Waals surface area contributed by atoms with Crippen molar-refractivity contribution in [2.75, 3.05) is 39.4 Å². The maximum Gasteiger partial charge on any atom is 0.194 e. The van der Waals surface area contributed by atoms with E-state index in [4.69, 9.17) is 14.5 Å². The second kappa shape index (κ2) is 8.47. The molecule has 2 aliphatic heterocycles. The first-order valence-electron chi connectivity index (χ1n) is 8.11. The van der Waals surface area contributed by atoms with Crippen molar-refractivity contribution in [1.29, 1.82) is 0 Å². The number of nitrogens with zero attached hydrogens (tertiary/aromatic N) is 2. The van der Waals surface area contributed by atoms with E-state index < -0.39 is 0 Å². The fourth-order valence-electron chi connectivity index (χ4n) is 2.76. The highest BCUT2D eigenvalue weighted by atomic mass is 16.5. The molecule has 0 aromatic rings. The van der Waals surface area contributed by atoms with Gasteiger partial charge in [-0.3, -0.25) is 4.99 Å². The van der Waals surface area contributed by atoms with Crippen LogP contribution in [0.2, 0.25) is 0 Å². The van der Waals surface area contributed by atoms with Crippen molar-refractivity contribution in [2.45, 2.75) is 51.7 Å². The number of unbranched alkanes of at least 4 members (excludes halogenated alkanes) is 1. The zero-order valence-electron chi connectivity index (χ0n) is 12.9. The molecule has 2 rings (SSSR count). The van der Waals surface area contributed by atoms with Gasteiger partial charge in [0.1, 0.15) is 6.10 Å². The lowest BCUT2D eigenvalue weighted by molar-refractivity contribution is -0.0817. The number of rotatable bonds is 5. The Morgan fingerprint density at radius 3 is 2.80 bits per heavy atom. The van der Waals surface area contributed by atoms with Crippen molar-refractivity contribution in [3.63, 3.8) is 0 Å². The van der Waals surface area contributed by atoms with E-state index in [1.54, 1.807) is 0 Å².